The van der Waals surface area contributed by atoms with Crippen molar-refractivity contribution in [3.8, 4) is 0 Å². The van der Waals surface area contributed by atoms with Crippen LogP contribution in [0.3, 0.4) is 0 Å². The number of hydrogen-bond donors (Lipinski definition) is 0. The van der Waals surface area contributed by atoms with Gasteiger partial charge in [-0.3, -0.25) is 0 Å². The Labute approximate surface area is 206 Å². The standard InChI is InChI=1S/C30H25F2O2S/c31-24-19-23(20-25(32)21-24)30(17-7-8-18-30)34-29(33)22-13-15-28(16-14-22)35(26-9-3-1-4-10-26)27-11-5-2-6-12-27/h1-6,9-16,19-21H,7-8,17-18H2/q+1. The normalized spacial score (nSPS) is 14.7. The molecule has 0 aliphatic heterocycles. The van der Waals surface area contributed by atoms with Gasteiger partial charge in [-0.25, -0.2) is 13.6 Å². The number of ether oxygens (including phenoxy) is 1. The third-order valence-electron chi connectivity index (χ3n) is 6.37. The van der Waals surface area contributed by atoms with E-state index in [9.17, 15) is 13.6 Å². The van der Waals surface area contributed by atoms with Crippen molar-refractivity contribution in [2.45, 2.75) is 46.0 Å². The van der Waals surface area contributed by atoms with Gasteiger partial charge in [-0.15, -0.1) is 0 Å². The van der Waals surface area contributed by atoms with Crippen molar-refractivity contribution in [3.05, 3.63) is 126 Å². The lowest BCUT2D eigenvalue weighted by Gasteiger charge is -2.30. The van der Waals surface area contributed by atoms with Gasteiger partial charge >= 0.3 is 5.97 Å². The van der Waals surface area contributed by atoms with Gasteiger partial charge in [0.2, 0.25) is 0 Å². The zero-order valence-corrected chi connectivity index (χ0v) is 19.9. The second-order valence-corrected chi connectivity index (χ2v) is 10.7. The molecule has 5 rings (SSSR count). The summed E-state index contributed by atoms with van der Waals surface area (Å²) in [7, 11) is -0.319. The van der Waals surface area contributed by atoms with Crippen molar-refractivity contribution >= 4 is 16.9 Å². The van der Waals surface area contributed by atoms with E-state index in [0.717, 1.165) is 23.8 Å². The molecular weight excluding hydrogens is 462 g/mol. The molecule has 176 valence electrons. The molecule has 1 aliphatic rings. The molecule has 0 aromatic heterocycles. The Morgan fingerprint density at radius 3 is 1.69 bits per heavy atom. The molecule has 0 spiro atoms. The highest BCUT2D eigenvalue weighted by Crippen LogP contribution is 2.43. The summed E-state index contributed by atoms with van der Waals surface area (Å²) in [5.74, 6) is -1.82. The fourth-order valence-electron chi connectivity index (χ4n) is 4.70. The largest absolute Gasteiger partial charge is 0.451 e. The first-order chi connectivity index (χ1) is 17.0. The van der Waals surface area contributed by atoms with Crippen LogP contribution in [0, 0.1) is 11.6 Å². The second kappa shape index (κ2) is 10.0. The van der Waals surface area contributed by atoms with Crippen LogP contribution in [0.2, 0.25) is 0 Å². The number of hydrogen-bond acceptors (Lipinski definition) is 2. The van der Waals surface area contributed by atoms with Crippen LogP contribution >= 0.6 is 0 Å². The lowest BCUT2D eigenvalue weighted by atomic mass is 9.91. The molecule has 0 saturated heterocycles. The smallest absolute Gasteiger partial charge is 0.339 e. The Hall–Kier alpha value is -3.44. The summed E-state index contributed by atoms with van der Waals surface area (Å²) < 4.78 is 33.8. The summed E-state index contributed by atoms with van der Waals surface area (Å²) in [6, 6.07) is 31.4. The van der Waals surface area contributed by atoms with E-state index < -0.39 is 23.2 Å². The minimum absolute atomic E-state index is 0.319. The molecule has 0 amide bonds. The molecule has 0 N–H and O–H groups in total. The Morgan fingerprint density at radius 2 is 1.17 bits per heavy atom. The average Bonchev–Trinajstić information content (AvgIpc) is 3.35. The van der Waals surface area contributed by atoms with E-state index in [1.165, 1.54) is 21.9 Å². The highest BCUT2D eigenvalue weighted by molar-refractivity contribution is 7.97. The third-order valence-corrected chi connectivity index (χ3v) is 8.60. The van der Waals surface area contributed by atoms with Crippen molar-refractivity contribution in [1.29, 1.82) is 0 Å². The Bertz CT molecular complexity index is 1240. The van der Waals surface area contributed by atoms with Gasteiger partial charge in [-0.05, 0) is 86.3 Å². The van der Waals surface area contributed by atoms with Gasteiger partial charge in [0.25, 0.3) is 0 Å². The predicted molar refractivity (Wildman–Crippen MR) is 133 cm³/mol. The fraction of sp³-hybridized carbons (Fsp3) is 0.167. The van der Waals surface area contributed by atoms with Gasteiger partial charge in [0.1, 0.15) is 17.2 Å². The van der Waals surface area contributed by atoms with Crippen LogP contribution in [0.4, 0.5) is 8.78 Å². The molecular formula is C30H25F2O2S+. The minimum atomic E-state index is -1.00. The van der Waals surface area contributed by atoms with Crippen LogP contribution in [-0.2, 0) is 21.2 Å². The second-order valence-electron chi connectivity index (χ2n) is 8.71. The van der Waals surface area contributed by atoms with Crippen LogP contribution in [0.15, 0.2) is 118 Å². The highest BCUT2D eigenvalue weighted by Gasteiger charge is 2.40. The monoisotopic (exact) mass is 487 g/mol. The van der Waals surface area contributed by atoms with Crippen molar-refractivity contribution in [2.75, 3.05) is 0 Å². The maximum Gasteiger partial charge on any atom is 0.339 e. The summed E-state index contributed by atoms with van der Waals surface area (Å²) in [5.41, 5.74) is -0.203. The summed E-state index contributed by atoms with van der Waals surface area (Å²) in [5, 5.41) is 0. The highest BCUT2D eigenvalue weighted by atomic mass is 32.2. The van der Waals surface area contributed by atoms with E-state index in [-0.39, 0.29) is 10.9 Å². The number of rotatable bonds is 6. The first kappa shape index (κ1) is 23.3. The fourth-order valence-corrected chi connectivity index (χ4v) is 6.78. The van der Waals surface area contributed by atoms with Crippen LogP contribution in [0.25, 0.3) is 0 Å². The number of benzene rings is 4. The maximum absolute atomic E-state index is 13.9. The lowest BCUT2D eigenvalue weighted by Crippen LogP contribution is -2.30. The molecule has 1 aliphatic carbocycles. The molecule has 2 nitrogen and oxygen atoms in total. The topological polar surface area (TPSA) is 26.3 Å². The number of halogens is 2. The van der Waals surface area contributed by atoms with E-state index in [0.29, 0.717) is 24.0 Å². The van der Waals surface area contributed by atoms with Crippen LogP contribution < -0.4 is 0 Å². The molecule has 35 heavy (non-hydrogen) atoms. The minimum Gasteiger partial charge on any atom is -0.451 e. The first-order valence-corrected chi connectivity index (χ1v) is 12.9. The molecule has 0 unspecified atom stereocenters. The lowest BCUT2D eigenvalue weighted by molar-refractivity contribution is -0.0186. The van der Waals surface area contributed by atoms with E-state index in [4.69, 9.17) is 4.74 Å². The molecule has 5 heteroatoms. The molecule has 4 aromatic rings. The van der Waals surface area contributed by atoms with Crippen molar-refractivity contribution in [3.63, 3.8) is 0 Å². The Kier molecular flexibility index (Phi) is 6.69. The van der Waals surface area contributed by atoms with Crippen molar-refractivity contribution in [1.82, 2.24) is 0 Å². The molecule has 0 atom stereocenters. The third kappa shape index (κ3) is 5.01. The van der Waals surface area contributed by atoms with Crippen molar-refractivity contribution < 1.29 is 18.3 Å². The van der Waals surface area contributed by atoms with Gasteiger partial charge in [0, 0.05) is 11.6 Å². The van der Waals surface area contributed by atoms with Crippen LogP contribution in [0.1, 0.15) is 41.6 Å². The Balaban J connectivity index is 1.43. The number of carbonyl (C=O) groups is 1. The Morgan fingerprint density at radius 1 is 0.686 bits per heavy atom. The van der Waals surface area contributed by atoms with Crippen molar-refractivity contribution in [2.24, 2.45) is 0 Å². The molecule has 0 bridgehead atoms. The molecule has 0 heterocycles. The van der Waals surface area contributed by atoms with Gasteiger partial charge in [-0.1, -0.05) is 36.4 Å². The zero-order chi connectivity index (χ0) is 24.3. The maximum atomic E-state index is 13.9. The molecule has 4 aromatic carbocycles. The van der Waals surface area contributed by atoms with Crippen LogP contribution in [0.5, 0.6) is 0 Å². The van der Waals surface area contributed by atoms with Crippen LogP contribution in [-0.4, -0.2) is 5.97 Å². The van der Waals surface area contributed by atoms with Gasteiger partial charge in [-0.2, -0.15) is 0 Å². The number of esters is 1. The molecule has 1 fully saturated rings. The van der Waals surface area contributed by atoms with E-state index >= 15 is 0 Å². The van der Waals surface area contributed by atoms with E-state index in [1.54, 1.807) is 12.1 Å². The predicted octanol–water partition coefficient (Wildman–Crippen LogP) is 7.69. The first-order valence-electron chi connectivity index (χ1n) is 11.7. The molecule has 1 saturated carbocycles. The zero-order valence-electron chi connectivity index (χ0n) is 19.1. The van der Waals surface area contributed by atoms with Gasteiger partial charge in [0.05, 0.1) is 16.5 Å². The average molecular weight is 488 g/mol. The summed E-state index contributed by atoms with van der Waals surface area (Å²) in [6.45, 7) is 0. The summed E-state index contributed by atoms with van der Waals surface area (Å²) in [4.78, 5) is 16.6. The van der Waals surface area contributed by atoms with Gasteiger partial charge < -0.3 is 4.74 Å². The van der Waals surface area contributed by atoms with E-state index in [2.05, 4.69) is 24.3 Å². The summed E-state index contributed by atoms with van der Waals surface area (Å²) >= 11 is 0. The SMILES string of the molecule is O=C(OC1(c2cc(F)cc(F)c2)CCCC1)c1ccc([S+](c2ccccc2)c2ccccc2)cc1. The quantitative estimate of drug-likeness (QED) is 0.206. The molecule has 0 radical (unpaired) electrons. The number of carbonyl (C=O) groups excluding carboxylic acids is 1. The summed E-state index contributed by atoms with van der Waals surface area (Å²) in [6.07, 6.45) is 2.76. The van der Waals surface area contributed by atoms with E-state index in [1.807, 2.05) is 48.5 Å². The van der Waals surface area contributed by atoms with Gasteiger partial charge in [0.15, 0.2) is 14.7 Å².